The van der Waals surface area contributed by atoms with Crippen LogP contribution in [0.2, 0.25) is 15.1 Å². The van der Waals surface area contributed by atoms with Crippen LogP contribution in [0.5, 0.6) is 11.5 Å². The van der Waals surface area contributed by atoms with Crippen molar-refractivity contribution in [3.63, 3.8) is 0 Å². The molecule has 0 aliphatic carbocycles. The quantitative estimate of drug-likeness (QED) is 0.219. The Balaban J connectivity index is 1.55. The van der Waals surface area contributed by atoms with E-state index in [1.54, 1.807) is 36.4 Å². The van der Waals surface area contributed by atoms with Gasteiger partial charge in [0.25, 0.3) is 15.9 Å². The molecule has 6 nitrogen and oxygen atoms in total. The Kier molecular flexibility index (Phi) is 8.23. The molecule has 0 radical (unpaired) electrons. The van der Waals surface area contributed by atoms with Crippen molar-refractivity contribution in [3.8, 4) is 11.5 Å². The highest BCUT2D eigenvalue weighted by Crippen LogP contribution is 2.31. The fraction of sp³-hybridized carbons (Fsp3) is 0.107. The van der Waals surface area contributed by atoms with Gasteiger partial charge in [-0.25, -0.2) is 8.42 Å². The van der Waals surface area contributed by atoms with E-state index in [0.717, 1.165) is 5.56 Å². The number of para-hydroxylation sites is 1. The summed E-state index contributed by atoms with van der Waals surface area (Å²) in [4.78, 5) is 13.3. The number of nitrogens with one attached hydrogen (secondary N) is 2. The Hall–Kier alpha value is -3.23. The molecule has 0 atom stereocenters. The van der Waals surface area contributed by atoms with Crippen molar-refractivity contribution >= 4 is 56.4 Å². The highest BCUT2D eigenvalue weighted by Gasteiger charge is 2.26. The summed E-state index contributed by atoms with van der Waals surface area (Å²) in [5.74, 6) is 0.350. The standard InChI is InChI=1S/C28H23Cl3N2O4S/c1-28(2,18-7-9-19(29)10-8-18)32-27(34)23-17-20(30)11-16-25(23)33-38(35,36)22-14-12-21(13-15-22)37-26-6-4-3-5-24(26)31/h3-17,33H,1-2H3,(H,32,34). The van der Waals surface area contributed by atoms with Crippen LogP contribution in [0.25, 0.3) is 0 Å². The molecule has 4 aromatic carbocycles. The van der Waals surface area contributed by atoms with Crippen LogP contribution in [0, 0.1) is 0 Å². The van der Waals surface area contributed by atoms with Gasteiger partial charge in [-0.2, -0.15) is 0 Å². The summed E-state index contributed by atoms with van der Waals surface area (Å²) in [5.41, 5.74) is 0.188. The number of carbonyl (C=O) groups is 1. The zero-order valence-electron chi connectivity index (χ0n) is 20.3. The van der Waals surface area contributed by atoms with Crippen molar-refractivity contribution < 1.29 is 17.9 Å². The van der Waals surface area contributed by atoms with Gasteiger partial charge in [-0.1, -0.05) is 59.1 Å². The normalized spacial score (nSPS) is 11.6. The van der Waals surface area contributed by atoms with Gasteiger partial charge in [-0.15, -0.1) is 0 Å². The molecule has 10 heteroatoms. The zero-order valence-corrected chi connectivity index (χ0v) is 23.4. The smallest absolute Gasteiger partial charge is 0.261 e. The van der Waals surface area contributed by atoms with E-state index >= 15 is 0 Å². The summed E-state index contributed by atoms with van der Waals surface area (Å²) < 4.78 is 34.6. The summed E-state index contributed by atoms with van der Waals surface area (Å²) in [6.07, 6.45) is 0. The van der Waals surface area contributed by atoms with E-state index in [1.807, 2.05) is 26.0 Å². The molecule has 0 aliphatic heterocycles. The summed E-state index contributed by atoms with van der Waals surface area (Å²) >= 11 is 18.3. The Morgan fingerprint density at radius 3 is 2.11 bits per heavy atom. The van der Waals surface area contributed by atoms with Crippen molar-refractivity contribution in [1.29, 1.82) is 0 Å². The van der Waals surface area contributed by atoms with Gasteiger partial charge in [0.05, 0.1) is 26.7 Å². The second kappa shape index (κ2) is 11.3. The van der Waals surface area contributed by atoms with Crippen LogP contribution >= 0.6 is 34.8 Å². The number of amides is 1. The van der Waals surface area contributed by atoms with E-state index in [0.29, 0.717) is 21.5 Å². The molecule has 0 saturated carbocycles. The molecule has 0 aromatic heterocycles. The second-order valence-corrected chi connectivity index (χ2v) is 11.8. The first kappa shape index (κ1) is 27.8. The minimum absolute atomic E-state index is 0.0215. The summed E-state index contributed by atoms with van der Waals surface area (Å²) in [5, 5.41) is 4.22. The minimum Gasteiger partial charge on any atom is -0.456 e. The fourth-order valence-electron chi connectivity index (χ4n) is 3.63. The van der Waals surface area contributed by atoms with Crippen molar-refractivity contribution in [2.75, 3.05) is 4.72 Å². The van der Waals surface area contributed by atoms with Crippen LogP contribution in [-0.4, -0.2) is 14.3 Å². The molecule has 0 spiro atoms. The van der Waals surface area contributed by atoms with Crippen molar-refractivity contribution in [2.45, 2.75) is 24.3 Å². The lowest BCUT2D eigenvalue weighted by atomic mass is 9.94. The molecular weight excluding hydrogens is 567 g/mol. The zero-order chi connectivity index (χ0) is 27.5. The van der Waals surface area contributed by atoms with Crippen LogP contribution in [0.4, 0.5) is 5.69 Å². The fourth-order valence-corrected chi connectivity index (χ4v) is 5.18. The number of rotatable bonds is 8. The van der Waals surface area contributed by atoms with E-state index in [9.17, 15) is 13.2 Å². The first-order valence-corrected chi connectivity index (χ1v) is 14.0. The maximum absolute atomic E-state index is 13.3. The number of sulfonamides is 1. The van der Waals surface area contributed by atoms with Gasteiger partial charge >= 0.3 is 0 Å². The SMILES string of the molecule is CC(C)(NC(=O)c1cc(Cl)ccc1NS(=O)(=O)c1ccc(Oc2ccccc2Cl)cc1)c1ccc(Cl)cc1. The Morgan fingerprint density at radius 2 is 1.45 bits per heavy atom. The van der Waals surface area contributed by atoms with Gasteiger partial charge in [-0.3, -0.25) is 9.52 Å². The molecule has 4 aromatic rings. The summed E-state index contributed by atoms with van der Waals surface area (Å²) in [6, 6.07) is 24.2. The molecule has 38 heavy (non-hydrogen) atoms. The Bertz CT molecular complexity index is 1570. The third-order valence-corrected chi connectivity index (χ3v) is 7.84. The molecular formula is C28H23Cl3N2O4S. The van der Waals surface area contributed by atoms with Crippen molar-refractivity contribution in [3.05, 3.63) is 117 Å². The maximum atomic E-state index is 13.3. The lowest BCUT2D eigenvalue weighted by molar-refractivity contribution is 0.0913. The van der Waals surface area contributed by atoms with E-state index in [1.165, 1.54) is 42.5 Å². The monoisotopic (exact) mass is 588 g/mol. The molecule has 0 unspecified atom stereocenters. The topological polar surface area (TPSA) is 84.5 Å². The predicted molar refractivity (Wildman–Crippen MR) is 152 cm³/mol. The van der Waals surface area contributed by atoms with E-state index in [4.69, 9.17) is 39.5 Å². The molecule has 0 aliphatic rings. The number of anilines is 1. The average molecular weight is 590 g/mol. The van der Waals surface area contributed by atoms with Gasteiger partial charge in [-0.05, 0) is 86.1 Å². The summed E-state index contributed by atoms with van der Waals surface area (Å²) in [7, 11) is -4.05. The second-order valence-electron chi connectivity index (χ2n) is 8.89. The molecule has 0 heterocycles. The lowest BCUT2D eigenvalue weighted by Gasteiger charge is -2.27. The van der Waals surface area contributed by atoms with Gasteiger partial charge < -0.3 is 10.1 Å². The lowest BCUT2D eigenvalue weighted by Crippen LogP contribution is -2.41. The molecule has 0 saturated heterocycles. The van der Waals surface area contributed by atoms with Gasteiger partial charge in [0, 0.05) is 10.0 Å². The largest absolute Gasteiger partial charge is 0.456 e. The molecule has 4 rings (SSSR count). The highest BCUT2D eigenvalue weighted by atomic mass is 35.5. The van der Waals surface area contributed by atoms with Crippen LogP contribution in [0.15, 0.2) is 95.9 Å². The molecule has 196 valence electrons. The third-order valence-electron chi connectivity index (χ3n) is 5.66. The van der Waals surface area contributed by atoms with E-state index < -0.39 is 21.5 Å². The predicted octanol–water partition coefficient (Wildman–Crippen LogP) is 7.91. The van der Waals surface area contributed by atoms with Crippen LogP contribution in [0.3, 0.4) is 0 Å². The number of ether oxygens (including phenoxy) is 1. The van der Waals surface area contributed by atoms with E-state index in [-0.39, 0.29) is 21.2 Å². The first-order valence-electron chi connectivity index (χ1n) is 11.4. The Morgan fingerprint density at radius 1 is 0.816 bits per heavy atom. The van der Waals surface area contributed by atoms with Crippen molar-refractivity contribution in [2.24, 2.45) is 0 Å². The number of halogens is 3. The number of hydrogen-bond acceptors (Lipinski definition) is 4. The molecule has 2 N–H and O–H groups in total. The van der Waals surface area contributed by atoms with Crippen molar-refractivity contribution in [1.82, 2.24) is 5.32 Å². The van der Waals surface area contributed by atoms with Crippen LogP contribution in [-0.2, 0) is 15.6 Å². The molecule has 0 fully saturated rings. The van der Waals surface area contributed by atoms with Gasteiger partial charge in [0.1, 0.15) is 11.5 Å². The highest BCUT2D eigenvalue weighted by molar-refractivity contribution is 7.92. The molecule has 1 amide bonds. The maximum Gasteiger partial charge on any atom is 0.261 e. The number of benzene rings is 4. The molecule has 0 bridgehead atoms. The number of carbonyl (C=O) groups excluding carboxylic acids is 1. The van der Waals surface area contributed by atoms with E-state index in [2.05, 4.69) is 10.0 Å². The minimum atomic E-state index is -4.05. The van der Waals surface area contributed by atoms with Crippen LogP contribution < -0.4 is 14.8 Å². The average Bonchev–Trinajstić information content (AvgIpc) is 2.87. The third kappa shape index (κ3) is 6.60. The van der Waals surface area contributed by atoms with Crippen LogP contribution in [0.1, 0.15) is 29.8 Å². The summed E-state index contributed by atoms with van der Waals surface area (Å²) in [6.45, 7) is 3.66. The number of hydrogen-bond donors (Lipinski definition) is 2. The Labute approximate surface area is 236 Å². The van der Waals surface area contributed by atoms with Gasteiger partial charge in [0.15, 0.2) is 0 Å². The first-order chi connectivity index (χ1) is 17.9. The van der Waals surface area contributed by atoms with Gasteiger partial charge in [0.2, 0.25) is 0 Å².